The molecule has 1 saturated heterocycles. The monoisotopic (exact) mass is 269 g/mol. The van der Waals surface area contributed by atoms with Gasteiger partial charge in [-0.2, -0.15) is 0 Å². The molecule has 0 unspecified atom stereocenters. The Morgan fingerprint density at radius 2 is 2.33 bits per heavy atom. The van der Waals surface area contributed by atoms with Gasteiger partial charge >= 0.3 is 0 Å². The number of ether oxygens (including phenoxy) is 1. The molecular weight excluding hydrogens is 250 g/mol. The van der Waals surface area contributed by atoms with Crippen molar-refractivity contribution in [1.29, 1.82) is 0 Å². The third kappa shape index (κ3) is 3.50. The number of rotatable bonds is 4. The van der Waals surface area contributed by atoms with Gasteiger partial charge < -0.3 is 15.0 Å². The molecule has 100 valence electrons. The van der Waals surface area contributed by atoms with Crippen molar-refractivity contribution in [2.45, 2.75) is 19.8 Å². The van der Waals surface area contributed by atoms with Gasteiger partial charge in [-0.25, -0.2) is 4.98 Å². The summed E-state index contributed by atoms with van der Waals surface area (Å²) in [6.45, 7) is 6.88. The lowest BCUT2D eigenvalue weighted by molar-refractivity contribution is 0.316. The number of hydrogen-bond acceptors (Lipinski definition) is 4. The first kappa shape index (κ1) is 13.4. The highest BCUT2D eigenvalue weighted by Crippen LogP contribution is 2.27. The molecule has 18 heavy (non-hydrogen) atoms. The standard InChI is InChI=1S/C13H20ClN3O/c1-2-8-18-12-9-11(10-16-13(12)14)17-6-3-4-15-5-7-17/h9-10,15H,2-8H2,1H3. The summed E-state index contributed by atoms with van der Waals surface area (Å²) in [6.07, 6.45) is 3.94. The maximum absolute atomic E-state index is 6.04. The predicted molar refractivity (Wildman–Crippen MR) is 74.7 cm³/mol. The summed E-state index contributed by atoms with van der Waals surface area (Å²) in [5.74, 6) is 0.688. The van der Waals surface area contributed by atoms with E-state index in [9.17, 15) is 0 Å². The van der Waals surface area contributed by atoms with Gasteiger partial charge in [0.2, 0.25) is 0 Å². The maximum atomic E-state index is 6.04. The van der Waals surface area contributed by atoms with Crippen molar-refractivity contribution >= 4 is 17.3 Å². The van der Waals surface area contributed by atoms with E-state index in [-0.39, 0.29) is 0 Å². The van der Waals surface area contributed by atoms with E-state index in [4.69, 9.17) is 16.3 Å². The molecule has 5 heteroatoms. The fraction of sp³-hybridized carbons (Fsp3) is 0.615. The summed E-state index contributed by atoms with van der Waals surface area (Å²) in [5, 5.41) is 3.83. The van der Waals surface area contributed by atoms with Crippen molar-refractivity contribution < 1.29 is 4.74 Å². The Bertz CT molecular complexity index is 378. The largest absolute Gasteiger partial charge is 0.490 e. The zero-order chi connectivity index (χ0) is 12.8. The summed E-state index contributed by atoms with van der Waals surface area (Å²) >= 11 is 6.04. The number of nitrogens with zero attached hydrogens (tertiary/aromatic N) is 2. The van der Waals surface area contributed by atoms with Crippen LogP contribution in [0, 0.1) is 0 Å². The third-order valence-electron chi connectivity index (χ3n) is 2.96. The van der Waals surface area contributed by atoms with Crippen LogP contribution in [0.3, 0.4) is 0 Å². The average Bonchev–Trinajstić information content (AvgIpc) is 2.67. The molecule has 0 aliphatic carbocycles. The van der Waals surface area contributed by atoms with Gasteiger partial charge in [-0.15, -0.1) is 0 Å². The lowest BCUT2D eigenvalue weighted by Crippen LogP contribution is -2.27. The molecule has 0 radical (unpaired) electrons. The average molecular weight is 270 g/mol. The van der Waals surface area contributed by atoms with Gasteiger partial charge in [-0.3, -0.25) is 0 Å². The van der Waals surface area contributed by atoms with Crippen molar-refractivity contribution in [3.8, 4) is 5.75 Å². The molecule has 0 saturated carbocycles. The van der Waals surface area contributed by atoms with E-state index < -0.39 is 0 Å². The Morgan fingerprint density at radius 3 is 3.17 bits per heavy atom. The Balaban J connectivity index is 2.11. The summed E-state index contributed by atoms with van der Waals surface area (Å²) in [4.78, 5) is 6.54. The smallest absolute Gasteiger partial charge is 0.171 e. The molecule has 1 aromatic rings. The first-order chi connectivity index (χ1) is 8.81. The van der Waals surface area contributed by atoms with Crippen LogP contribution < -0.4 is 15.0 Å². The zero-order valence-corrected chi connectivity index (χ0v) is 11.5. The molecule has 0 atom stereocenters. The number of nitrogens with one attached hydrogen (secondary N) is 1. The van der Waals surface area contributed by atoms with E-state index in [2.05, 4.69) is 22.1 Å². The summed E-state index contributed by atoms with van der Waals surface area (Å²) < 4.78 is 5.61. The van der Waals surface area contributed by atoms with Crippen LogP contribution >= 0.6 is 11.6 Å². The Kier molecular flexibility index (Phi) is 5.08. The molecule has 2 heterocycles. The van der Waals surface area contributed by atoms with Gasteiger partial charge in [0.05, 0.1) is 18.5 Å². The molecule has 0 bridgehead atoms. The van der Waals surface area contributed by atoms with Crippen LogP contribution in [0.1, 0.15) is 19.8 Å². The Labute approximate surface area is 113 Å². The summed E-state index contributed by atoms with van der Waals surface area (Å²) in [7, 11) is 0. The highest BCUT2D eigenvalue weighted by Gasteiger charge is 2.12. The topological polar surface area (TPSA) is 37.4 Å². The van der Waals surface area contributed by atoms with Gasteiger partial charge in [0.15, 0.2) is 10.9 Å². The van der Waals surface area contributed by atoms with E-state index in [0.717, 1.165) is 44.7 Å². The normalized spacial score (nSPS) is 16.4. The fourth-order valence-electron chi connectivity index (χ4n) is 2.01. The first-order valence-electron chi connectivity index (χ1n) is 6.55. The molecule has 0 spiro atoms. The van der Waals surface area contributed by atoms with Gasteiger partial charge in [0.1, 0.15) is 0 Å². The molecule has 4 nitrogen and oxygen atoms in total. The number of halogens is 1. The minimum atomic E-state index is 0.445. The molecule has 1 aromatic heterocycles. The van der Waals surface area contributed by atoms with Crippen molar-refractivity contribution in [2.24, 2.45) is 0 Å². The summed E-state index contributed by atoms with van der Waals surface area (Å²) in [6, 6.07) is 2.00. The molecule has 1 aliphatic heterocycles. The van der Waals surface area contributed by atoms with Crippen LogP contribution in [0.5, 0.6) is 5.75 Å². The Hall–Kier alpha value is -1.00. The zero-order valence-electron chi connectivity index (χ0n) is 10.8. The van der Waals surface area contributed by atoms with Crippen molar-refractivity contribution in [3.05, 3.63) is 17.4 Å². The minimum Gasteiger partial charge on any atom is -0.490 e. The van der Waals surface area contributed by atoms with Gasteiger partial charge in [0, 0.05) is 25.7 Å². The molecule has 2 rings (SSSR count). The van der Waals surface area contributed by atoms with Crippen molar-refractivity contribution in [2.75, 3.05) is 37.7 Å². The molecule has 1 N–H and O–H groups in total. The Morgan fingerprint density at radius 1 is 1.44 bits per heavy atom. The number of pyridine rings is 1. The van der Waals surface area contributed by atoms with Crippen molar-refractivity contribution in [1.82, 2.24) is 10.3 Å². The van der Waals surface area contributed by atoms with Crippen LogP contribution in [0.25, 0.3) is 0 Å². The predicted octanol–water partition coefficient (Wildman–Crippen LogP) is 2.32. The third-order valence-corrected chi connectivity index (χ3v) is 3.24. The fourth-order valence-corrected chi connectivity index (χ4v) is 2.17. The van der Waals surface area contributed by atoms with Crippen LogP contribution in [-0.2, 0) is 0 Å². The lowest BCUT2D eigenvalue weighted by Gasteiger charge is -2.22. The molecule has 1 aliphatic rings. The lowest BCUT2D eigenvalue weighted by atomic mass is 10.3. The summed E-state index contributed by atoms with van der Waals surface area (Å²) in [5.41, 5.74) is 1.09. The number of aromatic nitrogens is 1. The molecule has 0 aromatic carbocycles. The number of hydrogen-bond donors (Lipinski definition) is 1. The van der Waals surface area contributed by atoms with Crippen molar-refractivity contribution in [3.63, 3.8) is 0 Å². The second-order valence-corrected chi connectivity index (χ2v) is 4.78. The van der Waals surface area contributed by atoms with Crippen LogP contribution in [0.2, 0.25) is 5.15 Å². The van der Waals surface area contributed by atoms with E-state index in [1.807, 2.05) is 12.3 Å². The highest BCUT2D eigenvalue weighted by atomic mass is 35.5. The first-order valence-corrected chi connectivity index (χ1v) is 6.93. The van der Waals surface area contributed by atoms with Gasteiger partial charge in [0.25, 0.3) is 0 Å². The second kappa shape index (κ2) is 6.81. The minimum absolute atomic E-state index is 0.445. The second-order valence-electron chi connectivity index (χ2n) is 4.42. The molecule has 0 amide bonds. The van der Waals surface area contributed by atoms with E-state index in [1.54, 1.807) is 0 Å². The van der Waals surface area contributed by atoms with Crippen LogP contribution in [-0.4, -0.2) is 37.8 Å². The van der Waals surface area contributed by atoms with E-state index in [0.29, 0.717) is 17.5 Å². The molecule has 1 fully saturated rings. The SMILES string of the molecule is CCCOc1cc(N2CCCNCC2)cnc1Cl. The molecular formula is C13H20ClN3O. The number of anilines is 1. The van der Waals surface area contributed by atoms with Crippen LogP contribution in [0.15, 0.2) is 12.3 Å². The van der Waals surface area contributed by atoms with Gasteiger partial charge in [-0.1, -0.05) is 18.5 Å². The van der Waals surface area contributed by atoms with Crippen LogP contribution in [0.4, 0.5) is 5.69 Å². The van der Waals surface area contributed by atoms with Gasteiger partial charge in [-0.05, 0) is 19.4 Å². The quantitative estimate of drug-likeness (QED) is 0.852. The highest BCUT2D eigenvalue weighted by molar-refractivity contribution is 6.30. The van der Waals surface area contributed by atoms with E-state index >= 15 is 0 Å². The van der Waals surface area contributed by atoms with E-state index in [1.165, 1.54) is 0 Å². The maximum Gasteiger partial charge on any atom is 0.171 e.